The fourth-order valence-corrected chi connectivity index (χ4v) is 5.52. The van der Waals surface area contributed by atoms with E-state index in [1.807, 2.05) is 74.5 Å². The topological polar surface area (TPSA) is 76.3 Å². The van der Waals surface area contributed by atoms with E-state index in [2.05, 4.69) is 4.98 Å². The quantitative estimate of drug-likeness (QED) is 0.210. The number of carbonyl (C=O) groups excluding carboxylic acids is 1. The van der Waals surface area contributed by atoms with Gasteiger partial charge in [0.2, 0.25) is 0 Å². The minimum absolute atomic E-state index is 0.0394. The Bertz CT molecular complexity index is 1800. The van der Waals surface area contributed by atoms with Crippen molar-refractivity contribution in [3.63, 3.8) is 0 Å². The molecule has 0 bridgehead atoms. The first-order chi connectivity index (χ1) is 17.5. The third kappa shape index (κ3) is 3.74. The number of anilines is 1. The van der Waals surface area contributed by atoms with E-state index in [1.54, 1.807) is 18.3 Å². The number of benzene rings is 3. The lowest BCUT2D eigenvalue weighted by atomic mass is 10.0. The van der Waals surface area contributed by atoms with Crippen LogP contribution in [-0.4, -0.2) is 15.9 Å². The van der Waals surface area contributed by atoms with Gasteiger partial charge in [-0.15, -0.1) is 0 Å². The first-order valence-corrected chi connectivity index (χ1v) is 12.4. The van der Waals surface area contributed by atoms with Crippen LogP contribution in [0.15, 0.2) is 88.2 Å². The summed E-state index contributed by atoms with van der Waals surface area (Å²) in [6.07, 6.45) is 1.68. The van der Waals surface area contributed by atoms with E-state index in [-0.39, 0.29) is 12.1 Å². The van der Waals surface area contributed by atoms with E-state index >= 15 is 0 Å². The van der Waals surface area contributed by atoms with Crippen LogP contribution in [-0.2, 0) is 6.54 Å². The molecule has 3 aromatic heterocycles. The number of amides is 1. The number of nitrogens with zero attached hydrogens (tertiary/aromatic N) is 3. The molecular formula is C29H21N3O3S. The van der Waals surface area contributed by atoms with E-state index in [0.29, 0.717) is 21.8 Å². The highest BCUT2D eigenvalue weighted by atomic mass is 32.1. The molecule has 36 heavy (non-hydrogen) atoms. The van der Waals surface area contributed by atoms with Crippen LogP contribution in [0.2, 0.25) is 0 Å². The number of hydrogen-bond acceptors (Lipinski definition) is 6. The van der Waals surface area contributed by atoms with E-state index < -0.39 is 11.5 Å². The monoisotopic (exact) mass is 491 g/mol. The molecule has 176 valence electrons. The largest absolute Gasteiger partial charge is 0.422 e. The first kappa shape index (κ1) is 22.1. The SMILES string of the molecule is Cc1ccc(C)c2sc(N(Cc3ccccn3)C(=O)c3cc4c(ccc5ccccc54)oc3=O)nc12. The van der Waals surface area contributed by atoms with Gasteiger partial charge in [0, 0.05) is 11.6 Å². The lowest BCUT2D eigenvalue weighted by Crippen LogP contribution is -2.34. The highest BCUT2D eigenvalue weighted by molar-refractivity contribution is 7.22. The normalized spacial score (nSPS) is 11.4. The molecule has 6 aromatic rings. The maximum absolute atomic E-state index is 14.0. The average Bonchev–Trinajstić information content (AvgIpc) is 3.36. The van der Waals surface area contributed by atoms with Gasteiger partial charge in [0.1, 0.15) is 11.1 Å². The molecule has 0 saturated heterocycles. The van der Waals surface area contributed by atoms with Gasteiger partial charge in [-0.1, -0.05) is 59.9 Å². The average molecular weight is 492 g/mol. The van der Waals surface area contributed by atoms with Crippen molar-refractivity contribution in [2.45, 2.75) is 20.4 Å². The Morgan fingerprint density at radius 2 is 1.75 bits per heavy atom. The molecular weight excluding hydrogens is 470 g/mol. The maximum Gasteiger partial charge on any atom is 0.349 e. The van der Waals surface area contributed by atoms with E-state index in [0.717, 1.165) is 32.1 Å². The summed E-state index contributed by atoms with van der Waals surface area (Å²) in [5.41, 5.74) is 3.38. The Morgan fingerprint density at radius 1 is 0.944 bits per heavy atom. The zero-order chi connectivity index (χ0) is 24.8. The number of fused-ring (bicyclic) bond motifs is 4. The van der Waals surface area contributed by atoms with Gasteiger partial charge in [-0.05, 0) is 60.0 Å². The number of thiazole rings is 1. The van der Waals surface area contributed by atoms with Gasteiger partial charge in [-0.25, -0.2) is 9.78 Å². The van der Waals surface area contributed by atoms with Crippen LogP contribution >= 0.6 is 11.3 Å². The van der Waals surface area contributed by atoms with Crippen LogP contribution in [0.25, 0.3) is 32.0 Å². The second-order valence-corrected chi connectivity index (χ2v) is 9.71. The molecule has 0 radical (unpaired) electrons. The number of carbonyl (C=O) groups is 1. The molecule has 0 aliphatic rings. The fraction of sp³-hybridized carbons (Fsp3) is 0.103. The fourth-order valence-electron chi connectivity index (χ4n) is 4.41. The number of rotatable bonds is 4. The predicted molar refractivity (Wildman–Crippen MR) is 144 cm³/mol. The van der Waals surface area contributed by atoms with Crippen molar-refractivity contribution in [3.8, 4) is 0 Å². The summed E-state index contributed by atoms with van der Waals surface area (Å²) in [4.78, 5) is 37.8. The van der Waals surface area contributed by atoms with Gasteiger partial charge < -0.3 is 4.42 Å². The summed E-state index contributed by atoms with van der Waals surface area (Å²) in [6, 6.07) is 22.7. The Morgan fingerprint density at radius 3 is 2.56 bits per heavy atom. The second-order valence-electron chi connectivity index (χ2n) is 8.73. The van der Waals surface area contributed by atoms with E-state index in [1.165, 1.54) is 16.2 Å². The van der Waals surface area contributed by atoms with Crippen LogP contribution in [0.1, 0.15) is 27.2 Å². The van der Waals surface area contributed by atoms with Crippen molar-refractivity contribution in [2.75, 3.05) is 4.90 Å². The second kappa shape index (κ2) is 8.70. The van der Waals surface area contributed by atoms with Crippen LogP contribution in [0.4, 0.5) is 5.13 Å². The summed E-state index contributed by atoms with van der Waals surface area (Å²) in [6.45, 7) is 4.20. The molecule has 0 unspecified atom stereocenters. The van der Waals surface area contributed by atoms with Crippen LogP contribution < -0.4 is 10.5 Å². The minimum atomic E-state index is -0.678. The van der Waals surface area contributed by atoms with Crippen molar-refractivity contribution < 1.29 is 9.21 Å². The summed E-state index contributed by atoms with van der Waals surface area (Å²) in [7, 11) is 0. The number of hydrogen-bond donors (Lipinski definition) is 0. The molecule has 0 N–H and O–H groups in total. The van der Waals surface area contributed by atoms with Crippen LogP contribution in [0, 0.1) is 13.8 Å². The summed E-state index contributed by atoms with van der Waals surface area (Å²) in [5.74, 6) is -0.474. The van der Waals surface area contributed by atoms with Gasteiger partial charge in [0.05, 0.1) is 22.5 Å². The molecule has 0 aliphatic carbocycles. The molecule has 0 fully saturated rings. The third-order valence-electron chi connectivity index (χ3n) is 6.33. The molecule has 6 nitrogen and oxygen atoms in total. The Labute approximate surface area is 210 Å². The molecule has 3 heterocycles. The maximum atomic E-state index is 14.0. The standard InChI is InChI=1S/C29H21N3O3S/c1-17-10-11-18(2)26-25(17)31-29(36-26)32(16-20-8-5-6-14-30-20)27(33)23-15-22-21-9-4-3-7-19(21)12-13-24(22)35-28(23)34/h3-15H,16H2,1-2H3. The lowest BCUT2D eigenvalue weighted by molar-refractivity contribution is 0.0981. The highest BCUT2D eigenvalue weighted by Crippen LogP contribution is 2.34. The molecule has 7 heteroatoms. The van der Waals surface area contributed by atoms with Crippen molar-refractivity contribution >= 4 is 54.3 Å². The summed E-state index contributed by atoms with van der Waals surface area (Å²) in [5, 5.41) is 3.13. The number of aryl methyl sites for hydroxylation is 2. The molecule has 6 rings (SSSR count). The van der Waals surface area contributed by atoms with Gasteiger partial charge in [-0.3, -0.25) is 14.7 Å². The molecule has 0 spiro atoms. The predicted octanol–water partition coefficient (Wildman–Crippen LogP) is 6.41. The smallest absolute Gasteiger partial charge is 0.349 e. The van der Waals surface area contributed by atoms with Crippen LogP contribution in [0.5, 0.6) is 0 Å². The van der Waals surface area contributed by atoms with Crippen molar-refractivity contribution in [1.82, 2.24) is 9.97 Å². The van der Waals surface area contributed by atoms with Gasteiger partial charge in [0.25, 0.3) is 5.91 Å². The zero-order valence-electron chi connectivity index (χ0n) is 19.7. The Hall–Kier alpha value is -4.36. The Kier molecular flexibility index (Phi) is 5.34. The van der Waals surface area contributed by atoms with Gasteiger partial charge >= 0.3 is 5.63 Å². The molecule has 3 aromatic carbocycles. The zero-order valence-corrected chi connectivity index (χ0v) is 20.5. The highest BCUT2D eigenvalue weighted by Gasteiger charge is 2.26. The summed E-state index contributed by atoms with van der Waals surface area (Å²) < 4.78 is 6.63. The van der Waals surface area contributed by atoms with Crippen molar-refractivity contribution in [1.29, 1.82) is 0 Å². The van der Waals surface area contributed by atoms with E-state index in [9.17, 15) is 9.59 Å². The summed E-state index contributed by atoms with van der Waals surface area (Å²) >= 11 is 1.43. The lowest BCUT2D eigenvalue weighted by Gasteiger charge is -2.19. The first-order valence-electron chi connectivity index (χ1n) is 11.5. The van der Waals surface area contributed by atoms with Gasteiger partial charge in [0.15, 0.2) is 5.13 Å². The number of pyridine rings is 1. The van der Waals surface area contributed by atoms with Crippen LogP contribution in [0.3, 0.4) is 0 Å². The number of aromatic nitrogens is 2. The third-order valence-corrected chi connectivity index (χ3v) is 7.54. The van der Waals surface area contributed by atoms with Crippen molar-refractivity contribution in [2.24, 2.45) is 0 Å². The molecule has 1 amide bonds. The molecule has 0 atom stereocenters. The van der Waals surface area contributed by atoms with E-state index in [4.69, 9.17) is 9.40 Å². The van der Waals surface area contributed by atoms with Gasteiger partial charge in [-0.2, -0.15) is 0 Å². The molecule has 0 saturated carbocycles. The minimum Gasteiger partial charge on any atom is -0.422 e. The molecule has 0 aliphatic heterocycles. The van der Waals surface area contributed by atoms with Crippen molar-refractivity contribution in [3.05, 3.63) is 112 Å². The Balaban J connectivity index is 1.54.